The molecule has 1 atom stereocenters. The Bertz CT molecular complexity index is 617. The third-order valence-corrected chi connectivity index (χ3v) is 4.34. The largest absolute Gasteiger partial charge is 0.496 e. The van der Waals surface area contributed by atoms with Crippen LogP contribution in [0.2, 0.25) is 0 Å². The summed E-state index contributed by atoms with van der Waals surface area (Å²) in [5.74, 6) is 0.401. The third kappa shape index (κ3) is 4.82. The van der Waals surface area contributed by atoms with Gasteiger partial charge in [0.05, 0.1) is 19.6 Å². The summed E-state index contributed by atoms with van der Waals surface area (Å²) in [5, 5.41) is 0. The van der Waals surface area contributed by atoms with E-state index in [4.69, 9.17) is 9.47 Å². The van der Waals surface area contributed by atoms with Gasteiger partial charge < -0.3 is 19.3 Å². The molecule has 0 unspecified atom stereocenters. The standard InChI is InChI=1S/C19H26N2O4/c1-4-9-21(13-15-7-5-6-8-17(15)25-3)19(23)16-12-18(22)20(14-16)10-11-24-2/h4-8,16H,1,9-14H2,2-3H3/t16-/m1/s1. The number of benzene rings is 1. The van der Waals surface area contributed by atoms with Gasteiger partial charge in [0, 0.05) is 45.3 Å². The summed E-state index contributed by atoms with van der Waals surface area (Å²) in [6.07, 6.45) is 1.95. The van der Waals surface area contributed by atoms with Crippen LogP contribution < -0.4 is 4.74 Å². The third-order valence-electron chi connectivity index (χ3n) is 4.34. The summed E-state index contributed by atoms with van der Waals surface area (Å²) in [7, 11) is 3.21. The van der Waals surface area contributed by atoms with Crippen molar-refractivity contribution >= 4 is 11.8 Å². The van der Waals surface area contributed by atoms with Gasteiger partial charge in [-0.15, -0.1) is 6.58 Å². The van der Waals surface area contributed by atoms with Crippen LogP contribution in [0.4, 0.5) is 0 Å². The second-order valence-electron chi connectivity index (χ2n) is 6.05. The van der Waals surface area contributed by atoms with E-state index in [2.05, 4.69) is 6.58 Å². The van der Waals surface area contributed by atoms with Crippen molar-refractivity contribution < 1.29 is 19.1 Å². The molecule has 0 radical (unpaired) electrons. The van der Waals surface area contributed by atoms with Crippen molar-refractivity contribution in [2.24, 2.45) is 5.92 Å². The molecule has 2 rings (SSSR count). The van der Waals surface area contributed by atoms with E-state index in [9.17, 15) is 9.59 Å². The van der Waals surface area contributed by atoms with E-state index in [0.29, 0.717) is 32.8 Å². The zero-order valence-electron chi connectivity index (χ0n) is 14.9. The number of nitrogens with zero attached hydrogens (tertiary/aromatic N) is 2. The predicted octanol–water partition coefficient (Wildman–Crippen LogP) is 1.70. The zero-order chi connectivity index (χ0) is 18.2. The number of likely N-dealkylation sites (tertiary alicyclic amines) is 1. The smallest absolute Gasteiger partial charge is 0.228 e. The van der Waals surface area contributed by atoms with Gasteiger partial charge >= 0.3 is 0 Å². The maximum Gasteiger partial charge on any atom is 0.228 e. The Hall–Kier alpha value is -2.34. The summed E-state index contributed by atoms with van der Waals surface area (Å²) in [5.41, 5.74) is 0.931. The van der Waals surface area contributed by atoms with Gasteiger partial charge in [-0.1, -0.05) is 24.3 Å². The molecular formula is C19H26N2O4. The normalized spacial score (nSPS) is 16.8. The van der Waals surface area contributed by atoms with Crippen LogP contribution >= 0.6 is 0 Å². The Morgan fingerprint density at radius 3 is 2.84 bits per heavy atom. The lowest BCUT2D eigenvalue weighted by molar-refractivity contribution is -0.136. The monoisotopic (exact) mass is 346 g/mol. The van der Waals surface area contributed by atoms with E-state index in [-0.39, 0.29) is 24.2 Å². The second-order valence-corrected chi connectivity index (χ2v) is 6.05. The molecule has 1 aliphatic heterocycles. The van der Waals surface area contributed by atoms with E-state index in [0.717, 1.165) is 11.3 Å². The van der Waals surface area contributed by atoms with Gasteiger partial charge in [-0.2, -0.15) is 0 Å². The van der Waals surface area contributed by atoms with Crippen LogP contribution in [-0.4, -0.2) is 62.1 Å². The molecule has 6 heteroatoms. The van der Waals surface area contributed by atoms with Gasteiger partial charge in [0.1, 0.15) is 5.75 Å². The average Bonchev–Trinajstić information content (AvgIpc) is 3.00. The van der Waals surface area contributed by atoms with Crippen LogP contribution in [0.3, 0.4) is 0 Å². The lowest BCUT2D eigenvalue weighted by Gasteiger charge is -2.25. The van der Waals surface area contributed by atoms with Gasteiger partial charge in [-0.25, -0.2) is 0 Å². The molecule has 6 nitrogen and oxygen atoms in total. The van der Waals surface area contributed by atoms with Crippen LogP contribution in [0.1, 0.15) is 12.0 Å². The highest BCUT2D eigenvalue weighted by molar-refractivity contribution is 5.89. The van der Waals surface area contributed by atoms with Gasteiger partial charge in [0.25, 0.3) is 0 Å². The first-order valence-electron chi connectivity index (χ1n) is 8.39. The lowest BCUT2D eigenvalue weighted by Crippen LogP contribution is -2.37. The molecule has 2 amide bonds. The Kier molecular flexibility index (Phi) is 7.01. The SMILES string of the molecule is C=CCN(Cc1ccccc1OC)C(=O)[C@@H]1CC(=O)N(CCOC)C1. The van der Waals surface area contributed by atoms with Crippen LogP contribution in [0.15, 0.2) is 36.9 Å². The molecule has 0 aliphatic carbocycles. The first kappa shape index (κ1) is 19.0. The highest BCUT2D eigenvalue weighted by atomic mass is 16.5. The van der Waals surface area contributed by atoms with Crippen molar-refractivity contribution in [1.29, 1.82) is 0 Å². The molecule has 0 spiro atoms. The summed E-state index contributed by atoms with van der Waals surface area (Å²) in [6, 6.07) is 7.62. The Morgan fingerprint density at radius 1 is 1.40 bits per heavy atom. The fraction of sp³-hybridized carbons (Fsp3) is 0.474. The van der Waals surface area contributed by atoms with Gasteiger partial charge in [-0.3, -0.25) is 9.59 Å². The minimum absolute atomic E-state index is 0.00578. The maximum absolute atomic E-state index is 12.9. The first-order valence-corrected chi connectivity index (χ1v) is 8.39. The molecule has 1 aromatic rings. The number of para-hydroxylation sites is 1. The number of amides is 2. The number of hydrogen-bond acceptors (Lipinski definition) is 4. The Balaban J connectivity index is 2.08. The maximum atomic E-state index is 12.9. The van der Waals surface area contributed by atoms with Crippen molar-refractivity contribution in [3.63, 3.8) is 0 Å². The number of hydrogen-bond donors (Lipinski definition) is 0. The van der Waals surface area contributed by atoms with Crippen molar-refractivity contribution in [3.8, 4) is 5.75 Å². The zero-order valence-corrected chi connectivity index (χ0v) is 14.9. The molecule has 136 valence electrons. The van der Waals surface area contributed by atoms with Crippen molar-refractivity contribution in [2.45, 2.75) is 13.0 Å². The highest BCUT2D eigenvalue weighted by Gasteiger charge is 2.36. The number of rotatable bonds is 9. The van der Waals surface area contributed by atoms with E-state index in [1.54, 1.807) is 30.1 Å². The van der Waals surface area contributed by atoms with Crippen molar-refractivity contribution in [2.75, 3.05) is 40.5 Å². The lowest BCUT2D eigenvalue weighted by atomic mass is 10.1. The molecule has 0 bridgehead atoms. The minimum Gasteiger partial charge on any atom is -0.496 e. The summed E-state index contributed by atoms with van der Waals surface area (Å²) >= 11 is 0. The number of carbonyl (C=O) groups excluding carboxylic acids is 2. The molecule has 1 fully saturated rings. The van der Waals surface area contributed by atoms with Crippen LogP contribution in [0.5, 0.6) is 5.75 Å². The van der Waals surface area contributed by atoms with Crippen LogP contribution in [0, 0.1) is 5.92 Å². The molecule has 1 aliphatic rings. The van der Waals surface area contributed by atoms with Gasteiger partial charge in [0.15, 0.2) is 0 Å². The average molecular weight is 346 g/mol. The molecule has 0 aromatic heterocycles. The van der Waals surface area contributed by atoms with Gasteiger partial charge in [-0.05, 0) is 6.07 Å². The molecular weight excluding hydrogens is 320 g/mol. The number of carbonyl (C=O) groups is 2. The number of ether oxygens (including phenoxy) is 2. The van der Waals surface area contributed by atoms with E-state index in [1.807, 2.05) is 24.3 Å². The fourth-order valence-corrected chi connectivity index (χ4v) is 3.04. The number of methoxy groups -OCH3 is 2. The van der Waals surface area contributed by atoms with E-state index in [1.165, 1.54) is 0 Å². The van der Waals surface area contributed by atoms with Crippen molar-refractivity contribution in [3.05, 3.63) is 42.5 Å². The molecule has 0 N–H and O–H groups in total. The fourth-order valence-electron chi connectivity index (χ4n) is 3.04. The van der Waals surface area contributed by atoms with E-state index >= 15 is 0 Å². The molecule has 1 aromatic carbocycles. The summed E-state index contributed by atoms with van der Waals surface area (Å²) in [4.78, 5) is 28.4. The topological polar surface area (TPSA) is 59.1 Å². The summed E-state index contributed by atoms with van der Waals surface area (Å²) < 4.78 is 10.4. The van der Waals surface area contributed by atoms with Crippen LogP contribution in [0.25, 0.3) is 0 Å². The van der Waals surface area contributed by atoms with Gasteiger partial charge in [0.2, 0.25) is 11.8 Å². The Morgan fingerprint density at radius 2 is 2.16 bits per heavy atom. The quantitative estimate of drug-likeness (QED) is 0.639. The second kappa shape index (κ2) is 9.22. The molecule has 0 saturated carbocycles. The minimum atomic E-state index is -0.320. The van der Waals surface area contributed by atoms with Crippen molar-refractivity contribution in [1.82, 2.24) is 9.80 Å². The predicted molar refractivity (Wildman–Crippen MR) is 95.2 cm³/mol. The highest BCUT2D eigenvalue weighted by Crippen LogP contribution is 2.24. The van der Waals surface area contributed by atoms with Crippen LogP contribution in [-0.2, 0) is 20.9 Å². The summed E-state index contributed by atoms with van der Waals surface area (Å²) in [6.45, 7) is 6.05. The molecule has 1 saturated heterocycles. The molecule has 25 heavy (non-hydrogen) atoms. The first-order chi connectivity index (χ1) is 12.1. The Labute approximate surface area is 149 Å². The molecule has 1 heterocycles. The van der Waals surface area contributed by atoms with E-state index < -0.39 is 0 Å².